The van der Waals surface area contributed by atoms with E-state index < -0.39 is 0 Å². The Morgan fingerprint density at radius 2 is 1.83 bits per heavy atom. The molecule has 0 bridgehead atoms. The number of nitrogens with one attached hydrogen (secondary N) is 2. The molecule has 0 radical (unpaired) electrons. The Morgan fingerprint density at radius 1 is 1.22 bits per heavy atom. The molecule has 1 aliphatic heterocycles. The third-order valence-electron chi connectivity index (χ3n) is 5.87. The van der Waals surface area contributed by atoms with Crippen LogP contribution in [0.2, 0.25) is 0 Å². The molecule has 5 heteroatoms. The Balaban J connectivity index is 0.00000264. The molecule has 23 heavy (non-hydrogen) atoms. The van der Waals surface area contributed by atoms with Gasteiger partial charge in [0.2, 0.25) is 0 Å². The first-order valence-corrected chi connectivity index (χ1v) is 9.30. The number of halogens is 1. The van der Waals surface area contributed by atoms with Gasteiger partial charge in [-0.15, -0.1) is 24.0 Å². The number of aliphatic imine (C=N–C) groups is 1. The van der Waals surface area contributed by atoms with Crippen molar-refractivity contribution in [2.24, 2.45) is 10.4 Å². The quantitative estimate of drug-likeness (QED) is 0.393. The molecule has 1 heterocycles. The van der Waals surface area contributed by atoms with Gasteiger partial charge in [-0.05, 0) is 51.4 Å². The van der Waals surface area contributed by atoms with E-state index in [0.29, 0.717) is 17.5 Å². The molecular weight excluding hydrogens is 399 g/mol. The molecule has 1 aliphatic carbocycles. The van der Waals surface area contributed by atoms with E-state index in [-0.39, 0.29) is 24.0 Å². The molecule has 4 nitrogen and oxygen atoms in total. The highest BCUT2D eigenvalue weighted by molar-refractivity contribution is 14.0. The zero-order valence-corrected chi connectivity index (χ0v) is 17.9. The van der Waals surface area contributed by atoms with Gasteiger partial charge in [-0.3, -0.25) is 4.99 Å². The SMILES string of the molecule is CCC1(CNC(=NC)NC2CCN(C(C)C)CC2)CCCC1.I. The third kappa shape index (κ3) is 6.07. The lowest BCUT2D eigenvalue weighted by Gasteiger charge is -2.36. The van der Waals surface area contributed by atoms with E-state index >= 15 is 0 Å². The van der Waals surface area contributed by atoms with Gasteiger partial charge in [0.05, 0.1) is 0 Å². The molecule has 0 aromatic heterocycles. The number of rotatable bonds is 5. The first kappa shape index (κ1) is 21.0. The van der Waals surface area contributed by atoms with Crippen LogP contribution in [-0.2, 0) is 0 Å². The van der Waals surface area contributed by atoms with E-state index in [1.165, 1.54) is 58.0 Å². The lowest BCUT2D eigenvalue weighted by Crippen LogP contribution is -2.51. The molecule has 2 fully saturated rings. The number of hydrogen-bond acceptors (Lipinski definition) is 2. The number of piperidine rings is 1. The van der Waals surface area contributed by atoms with Gasteiger partial charge in [-0.2, -0.15) is 0 Å². The van der Waals surface area contributed by atoms with Crippen LogP contribution in [0.4, 0.5) is 0 Å². The van der Waals surface area contributed by atoms with E-state index in [1.807, 2.05) is 7.05 Å². The summed E-state index contributed by atoms with van der Waals surface area (Å²) in [5.74, 6) is 1.00. The van der Waals surface area contributed by atoms with Gasteiger partial charge in [0.15, 0.2) is 5.96 Å². The van der Waals surface area contributed by atoms with Crippen molar-refractivity contribution in [3.63, 3.8) is 0 Å². The number of likely N-dealkylation sites (tertiary alicyclic amines) is 1. The second-order valence-electron chi connectivity index (χ2n) is 7.53. The number of nitrogens with zero attached hydrogens (tertiary/aromatic N) is 2. The van der Waals surface area contributed by atoms with Crippen molar-refractivity contribution >= 4 is 29.9 Å². The maximum Gasteiger partial charge on any atom is 0.191 e. The highest BCUT2D eigenvalue weighted by atomic mass is 127. The molecule has 0 atom stereocenters. The van der Waals surface area contributed by atoms with Crippen molar-refractivity contribution in [3.8, 4) is 0 Å². The predicted molar refractivity (Wildman–Crippen MR) is 111 cm³/mol. The maximum atomic E-state index is 4.44. The lowest BCUT2D eigenvalue weighted by molar-refractivity contribution is 0.167. The summed E-state index contributed by atoms with van der Waals surface area (Å²) in [7, 11) is 1.89. The van der Waals surface area contributed by atoms with Gasteiger partial charge in [0.1, 0.15) is 0 Å². The summed E-state index contributed by atoms with van der Waals surface area (Å²) < 4.78 is 0. The van der Waals surface area contributed by atoms with Crippen molar-refractivity contribution < 1.29 is 0 Å². The number of hydrogen-bond donors (Lipinski definition) is 2. The van der Waals surface area contributed by atoms with Crippen LogP contribution in [0.5, 0.6) is 0 Å². The minimum Gasteiger partial charge on any atom is -0.356 e. The van der Waals surface area contributed by atoms with Crippen LogP contribution >= 0.6 is 24.0 Å². The van der Waals surface area contributed by atoms with Crippen LogP contribution in [-0.4, -0.2) is 49.6 Å². The maximum absolute atomic E-state index is 4.44. The summed E-state index contributed by atoms with van der Waals surface area (Å²) in [5.41, 5.74) is 0.513. The lowest BCUT2D eigenvalue weighted by atomic mass is 9.83. The van der Waals surface area contributed by atoms with E-state index in [0.717, 1.165) is 12.5 Å². The van der Waals surface area contributed by atoms with Gasteiger partial charge in [-0.1, -0.05) is 19.8 Å². The summed E-state index contributed by atoms with van der Waals surface area (Å²) in [5, 5.41) is 7.25. The van der Waals surface area contributed by atoms with E-state index in [2.05, 4.69) is 41.3 Å². The summed E-state index contributed by atoms with van der Waals surface area (Å²) in [6.45, 7) is 10.4. The molecule has 1 saturated carbocycles. The molecule has 0 unspecified atom stereocenters. The largest absolute Gasteiger partial charge is 0.356 e. The highest BCUT2D eigenvalue weighted by Gasteiger charge is 2.32. The van der Waals surface area contributed by atoms with Crippen LogP contribution in [0.15, 0.2) is 4.99 Å². The summed E-state index contributed by atoms with van der Waals surface area (Å²) in [4.78, 5) is 7.01. The van der Waals surface area contributed by atoms with Gasteiger partial charge < -0.3 is 15.5 Å². The fourth-order valence-corrected chi connectivity index (χ4v) is 4.00. The molecule has 2 aliphatic rings. The zero-order chi connectivity index (χ0) is 16.0. The summed E-state index contributed by atoms with van der Waals surface area (Å²) in [6.07, 6.45) is 9.27. The Kier molecular flexibility index (Phi) is 9.19. The van der Waals surface area contributed by atoms with Crippen molar-refractivity contribution in [2.45, 2.75) is 77.8 Å². The zero-order valence-electron chi connectivity index (χ0n) is 15.5. The van der Waals surface area contributed by atoms with Crippen molar-refractivity contribution in [1.29, 1.82) is 0 Å². The number of guanidine groups is 1. The van der Waals surface area contributed by atoms with Crippen LogP contribution in [0.1, 0.15) is 65.7 Å². The van der Waals surface area contributed by atoms with Gasteiger partial charge in [-0.25, -0.2) is 0 Å². The van der Waals surface area contributed by atoms with Crippen LogP contribution in [0.25, 0.3) is 0 Å². The van der Waals surface area contributed by atoms with Crippen LogP contribution in [0, 0.1) is 5.41 Å². The average molecular weight is 436 g/mol. The van der Waals surface area contributed by atoms with Crippen molar-refractivity contribution in [1.82, 2.24) is 15.5 Å². The first-order valence-electron chi connectivity index (χ1n) is 9.30. The first-order chi connectivity index (χ1) is 10.6. The monoisotopic (exact) mass is 436 g/mol. The Bertz CT molecular complexity index is 356. The van der Waals surface area contributed by atoms with Crippen molar-refractivity contribution in [3.05, 3.63) is 0 Å². The molecule has 0 aromatic carbocycles. The van der Waals surface area contributed by atoms with Crippen LogP contribution in [0.3, 0.4) is 0 Å². The topological polar surface area (TPSA) is 39.7 Å². The minimum atomic E-state index is 0. The van der Waals surface area contributed by atoms with Gasteiger partial charge in [0, 0.05) is 38.8 Å². The molecule has 2 N–H and O–H groups in total. The second-order valence-corrected chi connectivity index (χ2v) is 7.53. The fraction of sp³-hybridized carbons (Fsp3) is 0.944. The second kappa shape index (κ2) is 10.1. The molecule has 1 saturated heterocycles. The predicted octanol–water partition coefficient (Wildman–Crippen LogP) is 3.61. The molecule has 0 spiro atoms. The van der Waals surface area contributed by atoms with E-state index in [1.54, 1.807) is 0 Å². The normalized spacial score (nSPS) is 22.9. The standard InChI is InChI=1S/C18H36N4.HI/c1-5-18(10-6-7-11-18)14-20-17(19-4)21-16-8-12-22(13-9-16)15(2)3;/h15-16H,5-14H2,1-4H3,(H2,19,20,21);1H. The molecule has 0 amide bonds. The molecular formula is C18H37IN4. The van der Waals surface area contributed by atoms with Crippen molar-refractivity contribution in [2.75, 3.05) is 26.7 Å². The Morgan fingerprint density at radius 3 is 2.30 bits per heavy atom. The van der Waals surface area contributed by atoms with Gasteiger partial charge in [0.25, 0.3) is 0 Å². The third-order valence-corrected chi connectivity index (χ3v) is 5.87. The Hall–Kier alpha value is -0.0400. The van der Waals surface area contributed by atoms with E-state index in [9.17, 15) is 0 Å². The average Bonchev–Trinajstić information content (AvgIpc) is 3.01. The minimum absolute atomic E-state index is 0. The highest BCUT2D eigenvalue weighted by Crippen LogP contribution is 2.40. The Labute approximate surface area is 160 Å². The summed E-state index contributed by atoms with van der Waals surface area (Å²) in [6, 6.07) is 1.24. The summed E-state index contributed by atoms with van der Waals surface area (Å²) >= 11 is 0. The van der Waals surface area contributed by atoms with Crippen LogP contribution < -0.4 is 10.6 Å². The molecule has 136 valence electrons. The van der Waals surface area contributed by atoms with E-state index in [4.69, 9.17) is 0 Å². The fourth-order valence-electron chi connectivity index (χ4n) is 4.00. The van der Waals surface area contributed by atoms with Gasteiger partial charge >= 0.3 is 0 Å². The molecule has 2 rings (SSSR count). The molecule has 0 aromatic rings. The smallest absolute Gasteiger partial charge is 0.191 e.